The van der Waals surface area contributed by atoms with Gasteiger partial charge in [-0.1, -0.05) is 74.9 Å². The highest BCUT2D eigenvalue weighted by atomic mass is 16.4. The number of nitrogens with one attached hydrogen (secondary N) is 4. The molecule has 0 spiro atoms. The Morgan fingerprint density at radius 1 is 0.967 bits per heavy atom. The van der Waals surface area contributed by atoms with E-state index in [2.05, 4.69) is 52.5 Å². The summed E-state index contributed by atoms with van der Waals surface area (Å²) in [6.07, 6.45) is 5.33. The lowest BCUT2D eigenvalue weighted by atomic mass is 9.87. The number of fused-ring (bicyclic) bond motifs is 4. The van der Waals surface area contributed by atoms with Crippen LogP contribution in [0.3, 0.4) is 0 Å². The highest BCUT2D eigenvalue weighted by Crippen LogP contribution is 2.36. The number of phenolic OH excluding ortho intramolecular Hbond substituents is 1. The third-order valence-electron chi connectivity index (χ3n) is 11.1. The molecule has 0 radical (unpaired) electrons. The quantitative estimate of drug-likeness (QED) is 0.118. The molecule has 0 fully saturated rings. The van der Waals surface area contributed by atoms with Gasteiger partial charge in [-0.15, -0.1) is 0 Å². The number of unbranched alkanes of at least 4 members (excludes halogenated alkanes) is 1. The van der Waals surface area contributed by atoms with Gasteiger partial charge in [-0.25, -0.2) is 4.79 Å². The smallest absolute Gasteiger partial charge is 0.326 e. The zero-order chi connectivity index (χ0) is 44.4. The Balaban J connectivity index is 1.31. The number of benzene rings is 3. The summed E-state index contributed by atoms with van der Waals surface area (Å²) in [5.41, 5.74) is 10.7. The predicted octanol–water partition coefficient (Wildman–Crippen LogP) is 3.35. The minimum atomic E-state index is -1.44. The van der Waals surface area contributed by atoms with E-state index in [1.807, 2.05) is 12.1 Å². The van der Waals surface area contributed by atoms with Crippen molar-refractivity contribution in [1.82, 2.24) is 26.2 Å². The van der Waals surface area contributed by atoms with Crippen molar-refractivity contribution in [3.8, 4) is 16.9 Å². The Morgan fingerprint density at radius 3 is 2.28 bits per heavy atom. The molecule has 15 heteroatoms. The fourth-order valence-corrected chi connectivity index (χ4v) is 7.35. The molecule has 4 bridgehead atoms. The lowest BCUT2D eigenvalue weighted by Crippen LogP contribution is -2.55. The van der Waals surface area contributed by atoms with Crippen molar-refractivity contribution >= 4 is 41.1 Å². The number of carboxylic acid groups (broad SMARTS) is 1. The molecule has 3 aromatic carbocycles. The number of carbonyl (C=O) groups is 6. The van der Waals surface area contributed by atoms with Crippen LogP contribution in [0.1, 0.15) is 86.0 Å². The number of hydrogen-bond acceptors (Lipinski definition) is 9. The van der Waals surface area contributed by atoms with Gasteiger partial charge in [0.15, 0.2) is 0 Å². The van der Waals surface area contributed by atoms with Gasteiger partial charge in [0.05, 0.1) is 12.0 Å². The number of aromatic hydroxyl groups is 1. The molecule has 0 aromatic heterocycles. The third kappa shape index (κ3) is 11.5. The molecule has 1 aliphatic heterocycles. The molecule has 5 amide bonds. The molecule has 9 N–H and O–H groups in total. The number of hydrogen-bond donors (Lipinski definition) is 8. The molecule has 6 atom stereocenters. The van der Waals surface area contributed by atoms with Crippen molar-refractivity contribution in [3.05, 3.63) is 107 Å². The van der Waals surface area contributed by atoms with Crippen LogP contribution in [0.2, 0.25) is 0 Å². The predicted molar refractivity (Wildman–Crippen MR) is 230 cm³/mol. The number of phenols is 1. The number of amides is 5. The van der Waals surface area contributed by atoms with E-state index in [-0.39, 0.29) is 60.7 Å². The van der Waals surface area contributed by atoms with Gasteiger partial charge < -0.3 is 47.2 Å². The second kappa shape index (κ2) is 20.8. The molecular weight excluding hydrogens is 781 g/mol. The zero-order valence-electron chi connectivity index (χ0n) is 34.9. The summed E-state index contributed by atoms with van der Waals surface area (Å²) in [4.78, 5) is 81.4. The molecule has 1 heterocycles. The van der Waals surface area contributed by atoms with Crippen LogP contribution in [0, 0.1) is 5.92 Å². The number of likely N-dealkylation sites (N-methyl/N-ethyl adjacent to an activating group) is 1. The van der Waals surface area contributed by atoms with Gasteiger partial charge in [0.25, 0.3) is 5.91 Å². The minimum absolute atomic E-state index is 0.0133. The van der Waals surface area contributed by atoms with E-state index in [0.717, 1.165) is 35.3 Å². The summed E-state index contributed by atoms with van der Waals surface area (Å²) in [5, 5.41) is 42.3. The minimum Gasteiger partial charge on any atom is -0.507 e. The topological polar surface area (TPSA) is 240 Å². The summed E-state index contributed by atoms with van der Waals surface area (Å²) in [6, 6.07) is 14.4. The highest BCUT2D eigenvalue weighted by Gasteiger charge is 2.36. The lowest BCUT2D eigenvalue weighted by molar-refractivity contribution is -0.144. The molecule has 1 aliphatic carbocycles. The maximum absolute atomic E-state index is 14.3. The van der Waals surface area contributed by atoms with Crippen molar-refractivity contribution in [3.63, 3.8) is 0 Å². The Morgan fingerprint density at radius 2 is 1.64 bits per heavy atom. The first-order valence-corrected chi connectivity index (χ1v) is 20.6. The van der Waals surface area contributed by atoms with Crippen LogP contribution in [0.4, 0.5) is 0 Å². The molecule has 2 aliphatic rings. The van der Waals surface area contributed by atoms with Crippen LogP contribution in [0.25, 0.3) is 16.7 Å². The van der Waals surface area contributed by atoms with Crippen LogP contribution in [0.5, 0.6) is 5.75 Å². The summed E-state index contributed by atoms with van der Waals surface area (Å²) >= 11 is 0. The van der Waals surface area contributed by atoms with E-state index in [1.165, 1.54) is 43.8 Å². The van der Waals surface area contributed by atoms with Crippen LogP contribution in [-0.2, 0) is 30.4 Å². The maximum Gasteiger partial charge on any atom is 0.326 e. The Labute approximate surface area is 355 Å². The SMILES string of the molecule is CCCCc1ccc(-c2ccc(C(=O)NCC(C)C(=O)N[C@@H](CCN)C(=O)N(C)[C@@H]3C(=O)N[C@@H](C)C(=O)N[C@H](C(=O)O)CC4=CCC(O)C(=C4)c4cc3ccc4O)cc2)cc1. The normalized spacial score (nSPS) is 20.0. The van der Waals surface area contributed by atoms with E-state index in [4.69, 9.17) is 5.73 Å². The van der Waals surface area contributed by atoms with Crippen LogP contribution in [-0.4, -0.2) is 100 Å². The number of allylic oxidation sites excluding steroid dienone is 1. The van der Waals surface area contributed by atoms with Crippen LogP contribution >= 0.6 is 0 Å². The van der Waals surface area contributed by atoms with Gasteiger partial charge in [-0.05, 0) is 96.8 Å². The first-order valence-electron chi connectivity index (χ1n) is 20.6. The number of aliphatic hydroxyl groups is 1. The number of aryl methyl sites for hydroxylation is 1. The monoisotopic (exact) mass is 836 g/mol. The molecule has 2 unspecified atom stereocenters. The molecule has 3 aromatic rings. The lowest BCUT2D eigenvalue weighted by Gasteiger charge is -2.33. The van der Waals surface area contributed by atoms with Gasteiger partial charge in [-0.3, -0.25) is 24.0 Å². The van der Waals surface area contributed by atoms with Crippen molar-refractivity contribution in [1.29, 1.82) is 0 Å². The highest BCUT2D eigenvalue weighted by molar-refractivity contribution is 5.97. The summed E-state index contributed by atoms with van der Waals surface area (Å²) in [6.45, 7) is 5.06. The second-order valence-corrected chi connectivity index (χ2v) is 15.7. The number of carboxylic acids is 1. The number of aliphatic hydroxyl groups excluding tert-OH is 1. The summed E-state index contributed by atoms with van der Waals surface area (Å²) in [7, 11) is 1.34. The van der Waals surface area contributed by atoms with Crippen LogP contribution < -0.4 is 27.0 Å². The number of nitrogens with two attached hydrogens (primary N) is 1. The Bertz CT molecular complexity index is 2170. The fraction of sp³-hybridized carbons (Fsp3) is 0.391. The van der Waals surface area contributed by atoms with E-state index in [9.17, 15) is 44.1 Å². The molecule has 0 saturated heterocycles. The molecule has 324 valence electrons. The average molecular weight is 837 g/mol. The first-order chi connectivity index (χ1) is 29.1. The van der Waals surface area contributed by atoms with E-state index >= 15 is 0 Å². The second-order valence-electron chi connectivity index (χ2n) is 15.7. The number of nitrogens with zero attached hydrogens (tertiary/aromatic N) is 1. The molecule has 15 nitrogen and oxygen atoms in total. The maximum atomic E-state index is 14.3. The van der Waals surface area contributed by atoms with Crippen LogP contribution in [0.15, 0.2) is 84.5 Å². The number of carbonyl (C=O) groups excluding carboxylic acids is 5. The average Bonchev–Trinajstić information content (AvgIpc) is 3.25. The van der Waals surface area contributed by atoms with Crippen molar-refractivity contribution in [2.24, 2.45) is 11.7 Å². The van der Waals surface area contributed by atoms with Crippen molar-refractivity contribution in [2.45, 2.75) is 89.6 Å². The zero-order valence-corrected chi connectivity index (χ0v) is 34.9. The fourth-order valence-electron chi connectivity index (χ4n) is 7.35. The summed E-state index contributed by atoms with van der Waals surface area (Å²) in [5.74, 6) is -5.58. The number of rotatable bonds is 14. The van der Waals surface area contributed by atoms with Gasteiger partial charge in [0.2, 0.25) is 23.6 Å². The van der Waals surface area contributed by atoms with E-state index < -0.39 is 65.8 Å². The van der Waals surface area contributed by atoms with E-state index in [1.54, 1.807) is 25.1 Å². The van der Waals surface area contributed by atoms with Crippen molar-refractivity contribution < 1.29 is 44.1 Å². The Hall–Kier alpha value is -6.32. The molecule has 61 heavy (non-hydrogen) atoms. The van der Waals surface area contributed by atoms with Gasteiger partial charge in [-0.2, -0.15) is 0 Å². The van der Waals surface area contributed by atoms with E-state index in [0.29, 0.717) is 11.1 Å². The number of aliphatic carboxylic acids is 1. The summed E-state index contributed by atoms with van der Waals surface area (Å²) < 4.78 is 0. The largest absolute Gasteiger partial charge is 0.507 e. The third-order valence-corrected chi connectivity index (χ3v) is 11.1. The first kappa shape index (κ1) is 45.8. The van der Waals surface area contributed by atoms with Gasteiger partial charge >= 0.3 is 5.97 Å². The van der Waals surface area contributed by atoms with Gasteiger partial charge in [0.1, 0.15) is 29.9 Å². The standard InChI is InChI=1S/C46H56N6O9/c1-5-6-7-28-8-11-30(12-9-28)31-13-15-32(16-14-31)43(57)48-25-26(2)41(55)50-36(20-21-47)45(59)52(4)40-33-17-19-39(54)35(24-33)34-22-29(10-18-38(34)53)23-37(46(60)61)51-42(56)27(3)49-44(40)58/h8-17,19,22,24,26-27,36-38,40,53-54H,5-7,18,20-21,23,25,47H2,1-4H3,(H,48,57)(H,49,58)(H,50,55)(H,51,56)(H,60,61)/t26?,27-,36-,37-,38?,40-/m0/s1. The Kier molecular flexibility index (Phi) is 15.6. The molecule has 0 saturated carbocycles. The molecular formula is C46H56N6O9. The van der Waals surface area contributed by atoms with Crippen molar-refractivity contribution in [2.75, 3.05) is 20.1 Å². The van der Waals surface area contributed by atoms with Gasteiger partial charge in [0, 0.05) is 31.1 Å². The molecule has 5 rings (SSSR count).